The summed E-state index contributed by atoms with van der Waals surface area (Å²) in [6.45, 7) is 1.77. The van der Waals surface area contributed by atoms with E-state index in [0.29, 0.717) is 27.6 Å². The molecule has 25 heavy (non-hydrogen) atoms. The Balaban J connectivity index is 2.02. The summed E-state index contributed by atoms with van der Waals surface area (Å²) in [5.41, 5.74) is 0.324. The van der Waals surface area contributed by atoms with Gasteiger partial charge < -0.3 is 9.67 Å². The molecule has 4 rings (SSSR count). The molecule has 0 saturated carbocycles. The van der Waals surface area contributed by atoms with Gasteiger partial charge in [-0.3, -0.25) is 14.7 Å². The number of aryl methyl sites for hydroxylation is 1. The molecule has 9 heteroatoms. The monoisotopic (exact) mass is 338 g/mol. The summed E-state index contributed by atoms with van der Waals surface area (Å²) in [7, 11) is 0. The smallest absolute Gasteiger partial charge is 0.267 e. The van der Waals surface area contributed by atoms with Gasteiger partial charge in [-0.15, -0.1) is 5.10 Å². The summed E-state index contributed by atoms with van der Waals surface area (Å²) in [6, 6.07) is 4.91. The van der Waals surface area contributed by atoms with Crippen LogP contribution in [0.1, 0.15) is 5.82 Å². The topological polar surface area (TPSA) is 119 Å². The van der Waals surface area contributed by atoms with Crippen LogP contribution in [0.15, 0.2) is 40.2 Å². The van der Waals surface area contributed by atoms with Gasteiger partial charge in [0, 0.05) is 18.9 Å². The average Bonchev–Trinajstić information content (AvgIpc) is 3.03. The van der Waals surface area contributed by atoms with Gasteiger partial charge in [0.2, 0.25) is 0 Å². The first-order chi connectivity index (χ1) is 12.1. The first-order valence-corrected chi connectivity index (χ1v) is 7.64. The Morgan fingerprint density at radius 3 is 2.48 bits per heavy atom. The van der Waals surface area contributed by atoms with Crippen LogP contribution in [0.4, 0.5) is 0 Å². The van der Waals surface area contributed by atoms with E-state index in [4.69, 9.17) is 5.11 Å². The fourth-order valence-electron chi connectivity index (χ4n) is 2.74. The molecule has 0 amide bonds. The van der Waals surface area contributed by atoms with Crippen molar-refractivity contribution >= 4 is 21.8 Å². The van der Waals surface area contributed by atoms with Crippen LogP contribution in [0.2, 0.25) is 0 Å². The summed E-state index contributed by atoms with van der Waals surface area (Å²) in [4.78, 5) is 33.8. The molecule has 0 aromatic carbocycles. The number of nitrogens with zero attached hydrogens (tertiary/aromatic N) is 5. The predicted molar refractivity (Wildman–Crippen MR) is 90.9 cm³/mol. The van der Waals surface area contributed by atoms with Crippen molar-refractivity contribution in [1.82, 2.24) is 29.3 Å². The number of pyridine rings is 3. The molecule has 9 nitrogen and oxygen atoms in total. The summed E-state index contributed by atoms with van der Waals surface area (Å²) in [5.74, 6) is 0.820. The van der Waals surface area contributed by atoms with Gasteiger partial charge in [0.25, 0.3) is 17.1 Å². The van der Waals surface area contributed by atoms with Crippen LogP contribution in [-0.4, -0.2) is 41.0 Å². The highest BCUT2D eigenvalue weighted by Gasteiger charge is 2.12. The van der Waals surface area contributed by atoms with Crippen molar-refractivity contribution in [3.63, 3.8) is 0 Å². The van der Waals surface area contributed by atoms with Crippen molar-refractivity contribution in [1.29, 1.82) is 0 Å². The number of hydrogen-bond donors (Lipinski definition) is 2. The molecule has 126 valence electrons. The second kappa shape index (κ2) is 5.64. The quantitative estimate of drug-likeness (QED) is 0.512. The van der Waals surface area contributed by atoms with Gasteiger partial charge in [-0.1, -0.05) is 0 Å². The molecule has 0 spiro atoms. The van der Waals surface area contributed by atoms with Gasteiger partial charge in [0.1, 0.15) is 5.82 Å². The minimum absolute atomic E-state index is 0.149. The maximum absolute atomic E-state index is 12.8. The Kier molecular flexibility index (Phi) is 3.43. The largest absolute Gasteiger partial charge is 0.395 e. The SMILES string of the molecule is Cc1nc(-n2ccc3nc4ccn(CCO)c(=O)c4cc3c2=O)n[nH]1. The molecule has 0 aliphatic rings. The third-order valence-corrected chi connectivity index (χ3v) is 3.96. The summed E-state index contributed by atoms with van der Waals surface area (Å²) in [5, 5.41) is 16.4. The third-order valence-electron chi connectivity index (χ3n) is 3.96. The van der Waals surface area contributed by atoms with E-state index in [-0.39, 0.29) is 30.2 Å². The highest BCUT2D eigenvalue weighted by Crippen LogP contribution is 2.15. The molecule has 4 aromatic heterocycles. The Labute approximate surface area is 140 Å². The molecular formula is C16H14N6O3. The zero-order valence-electron chi connectivity index (χ0n) is 13.3. The molecule has 0 bridgehead atoms. The minimum atomic E-state index is -0.358. The number of fused-ring (bicyclic) bond motifs is 2. The lowest BCUT2D eigenvalue weighted by Gasteiger charge is -2.07. The highest BCUT2D eigenvalue weighted by molar-refractivity contribution is 5.91. The molecular weight excluding hydrogens is 324 g/mol. The summed E-state index contributed by atoms with van der Waals surface area (Å²) in [6.07, 6.45) is 3.14. The number of aromatic nitrogens is 6. The van der Waals surface area contributed by atoms with E-state index in [9.17, 15) is 9.59 Å². The van der Waals surface area contributed by atoms with Gasteiger partial charge in [-0.05, 0) is 25.1 Å². The Hall–Kier alpha value is -3.33. The molecule has 0 radical (unpaired) electrons. The number of aliphatic hydroxyl groups is 1. The first kappa shape index (κ1) is 15.2. The average molecular weight is 338 g/mol. The molecule has 2 N–H and O–H groups in total. The predicted octanol–water partition coefficient (Wildman–Crippen LogP) is 0.119. The van der Waals surface area contributed by atoms with Crippen LogP contribution in [0.25, 0.3) is 27.8 Å². The van der Waals surface area contributed by atoms with Crippen molar-refractivity contribution in [2.24, 2.45) is 0 Å². The Bertz CT molecular complexity index is 1220. The van der Waals surface area contributed by atoms with Crippen LogP contribution in [0.5, 0.6) is 0 Å². The lowest BCUT2D eigenvalue weighted by atomic mass is 10.2. The van der Waals surface area contributed by atoms with Crippen LogP contribution in [0.3, 0.4) is 0 Å². The standard InChI is InChI=1S/C16H14N6O3/c1-9-17-16(20-19-9)22-5-3-13-11(15(22)25)8-10-12(18-13)2-4-21(6-7-23)14(10)24/h2-5,8,23H,6-7H2,1H3,(H,17,19,20). The van der Waals surface area contributed by atoms with Crippen LogP contribution < -0.4 is 11.1 Å². The highest BCUT2D eigenvalue weighted by atomic mass is 16.3. The molecule has 4 aromatic rings. The van der Waals surface area contributed by atoms with E-state index in [1.54, 1.807) is 31.5 Å². The maximum Gasteiger partial charge on any atom is 0.267 e. The van der Waals surface area contributed by atoms with E-state index < -0.39 is 0 Å². The van der Waals surface area contributed by atoms with Gasteiger partial charge in [-0.2, -0.15) is 4.98 Å². The zero-order chi connectivity index (χ0) is 17.6. The van der Waals surface area contributed by atoms with Gasteiger partial charge in [-0.25, -0.2) is 9.55 Å². The van der Waals surface area contributed by atoms with Gasteiger partial charge in [0.15, 0.2) is 0 Å². The number of nitrogens with one attached hydrogen (secondary N) is 1. The number of hydrogen-bond acceptors (Lipinski definition) is 6. The van der Waals surface area contributed by atoms with Crippen LogP contribution >= 0.6 is 0 Å². The van der Waals surface area contributed by atoms with Gasteiger partial charge in [0.05, 0.1) is 28.4 Å². The third kappa shape index (κ3) is 2.41. The van der Waals surface area contributed by atoms with Crippen molar-refractivity contribution < 1.29 is 5.11 Å². The number of rotatable bonds is 3. The Morgan fingerprint density at radius 1 is 1.08 bits per heavy atom. The van der Waals surface area contributed by atoms with Crippen molar-refractivity contribution in [2.45, 2.75) is 13.5 Å². The summed E-state index contributed by atoms with van der Waals surface area (Å²) >= 11 is 0. The number of aliphatic hydroxyl groups excluding tert-OH is 1. The zero-order valence-corrected chi connectivity index (χ0v) is 13.3. The summed E-state index contributed by atoms with van der Waals surface area (Å²) < 4.78 is 2.69. The van der Waals surface area contributed by atoms with Crippen molar-refractivity contribution in [2.75, 3.05) is 6.61 Å². The lowest BCUT2D eigenvalue weighted by molar-refractivity contribution is 0.274. The number of H-pyrrole nitrogens is 1. The molecule has 0 aliphatic heterocycles. The second-order valence-corrected chi connectivity index (χ2v) is 5.60. The van der Waals surface area contributed by atoms with E-state index >= 15 is 0 Å². The van der Waals surface area contributed by atoms with Crippen LogP contribution in [-0.2, 0) is 6.54 Å². The normalized spacial score (nSPS) is 11.4. The molecule has 0 atom stereocenters. The van der Waals surface area contributed by atoms with E-state index in [1.807, 2.05) is 0 Å². The van der Waals surface area contributed by atoms with E-state index in [1.165, 1.54) is 15.2 Å². The minimum Gasteiger partial charge on any atom is -0.395 e. The molecule has 4 heterocycles. The molecule has 0 fully saturated rings. The second-order valence-electron chi connectivity index (χ2n) is 5.60. The molecule has 0 aliphatic carbocycles. The Morgan fingerprint density at radius 2 is 1.80 bits per heavy atom. The lowest BCUT2D eigenvalue weighted by Crippen LogP contribution is -2.23. The first-order valence-electron chi connectivity index (χ1n) is 7.64. The fourth-order valence-corrected chi connectivity index (χ4v) is 2.74. The number of aromatic amines is 1. The maximum atomic E-state index is 12.8. The molecule has 0 unspecified atom stereocenters. The fraction of sp³-hybridized carbons (Fsp3) is 0.188. The van der Waals surface area contributed by atoms with Gasteiger partial charge >= 0.3 is 0 Å². The van der Waals surface area contributed by atoms with Crippen molar-refractivity contribution in [3.05, 3.63) is 57.1 Å². The van der Waals surface area contributed by atoms with E-state index in [2.05, 4.69) is 20.2 Å². The molecule has 0 saturated heterocycles. The van der Waals surface area contributed by atoms with Crippen LogP contribution in [0, 0.1) is 6.92 Å². The van der Waals surface area contributed by atoms with E-state index in [0.717, 1.165) is 0 Å². The van der Waals surface area contributed by atoms with Crippen molar-refractivity contribution in [3.8, 4) is 5.95 Å².